The predicted octanol–water partition coefficient (Wildman–Crippen LogP) is 2.26. The number of H-pyrrole nitrogens is 1. The van der Waals surface area contributed by atoms with Gasteiger partial charge in [0, 0.05) is 17.1 Å². The molecule has 0 aliphatic rings. The van der Waals surface area contributed by atoms with E-state index in [9.17, 15) is 13.6 Å². The largest absolute Gasteiger partial charge is 0.358 e. The minimum Gasteiger partial charge on any atom is -0.358 e. The number of carbonyl (C=O) groups excluding carboxylic acids is 1. The first-order chi connectivity index (χ1) is 6.24. The second kappa shape index (κ2) is 2.65. The van der Waals surface area contributed by atoms with Gasteiger partial charge in [-0.1, -0.05) is 0 Å². The van der Waals surface area contributed by atoms with E-state index in [1.54, 1.807) is 0 Å². The molecule has 0 atom stereocenters. The highest BCUT2D eigenvalue weighted by atomic mass is 19.1. The van der Waals surface area contributed by atoms with E-state index in [2.05, 4.69) is 4.98 Å². The Kier molecular flexibility index (Phi) is 1.62. The second-order valence-corrected chi connectivity index (χ2v) is 2.64. The fraction of sp³-hybridized carbons (Fsp3) is 0. The molecule has 0 aliphatic carbocycles. The highest BCUT2D eigenvalue weighted by molar-refractivity contribution is 5.97. The summed E-state index contributed by atoms with van der Waals surface area (Å²) in [5.41, 5.74) is 0.161. The Morgan fingerprint density at radius 3 is 2.62 bits per heavy atom. The normalized spacial score (nSPS) is 10.6. The molecular weight excluding hydrogens is 176 g/mol. The zero-order valence-corrected chi connectivity index (χ0v) is 6.47. The first-order valence-electron chi connectivity index (χ1n) is 3.64. The Morgan fingerprint density at radius 2 is 1.92 bits per heavy atom. The maximum absolute atomic E-state index is 13.1. The molecule has 0 aliphatic heterocycles. The molecule has 0 bridgehead atoms. The van der Waals surface area contributed by atoms with Crippen LogP contribution in [0.5, 0.6) is 0 Å². The summed E-state index contributed by atoms with van der Waals surface area (Å²) in [7, 11) is 0. The van der Waals surface area contributed by atoms with Crippen molar-refractivity contribution in [3.05, 3.63) is 35.5 Å². The molecule has 1 aromatic heterocycles. The number of nitrogens with one attached hydrogen (secondary N) is 1. The van der Waals surface area contributed by atoms with Gasteiger partial charge in [-0.05, 0) is 12.1 Å². The number of rotatable bonds is 1. The van der Waals surface area contributed by atoms with E-state index in [-0.39, 0.29) is 16.5 Å². The van der Waals surface area contributed by atoms with Gasteiger partial charge in [-0.3, -0.25) is 4.79 Å². The van der Waals surface area contributed by atoms with Crippen LogP contribution in [-0.2, 0) is 0 Å². The average Bonchev–Trinajstić information content (AvgIpc) is 2.56. The molecule has 1 aromatic carbocycles. The van der Waals surface area contributed by atoms with Gasteiger partial charge in [0.05, 0.1) is 5.52 Å². The Labute approximate surface area is 72.2 Å². The van der Waals surface area contributed by atoms with Gasteiger partial charge in [-0.15, -0.1) is 0 Å². The van der Waals surface area contributed by atoms with E-state index < -0.39 is 11.6 Å². The zero-order chi connectivity index (χ0) is 9.42. The molecule has 0 saturated heterocycles. The van der Waals surface area contributed by atoms with E-state index >= 15 is 0 Å². The van der Waals surface area contributed by atoms with Crippen molar-refractivity contribution in [1.29, 1.82) is 0 Å². The standard InChI is InChI=1S/C9H5F2NO/c10-6-1-2-7(11)9-8(6)5(4-13)3-12-9/h1-4,12H. The van der Waals surface area contributed by atoms with E-state index in [1.807, 2.05) is 0 Å². The van der Waals surface area contributed by atoms with Crippen molar-refractivity contribution < 1.29 is 13.6 Å². The van der Waals surface area contributed by atoms with Gasteiger partial charge in [-0.2, -0.15) is 0 Å². The van der Waals surface area contributed by atoms with Crippen molar-refractivity contribution in [3.63, 3.8) is 0 Å². The number of aromatic amines is 1. The molecule has 0 amide bonds. The van der Waals surface area contributed by atoms with Gasteiger partial charge < -0.3 is 4.98 Å². The number of aldehydes is 1. The average molecular weight is 181 g/mol. The van der Waals surface area contributed by atoms with Crippen LogP contribution in [0.25, 0.3) is 10.9 Å². The quantitative estimate of drug-likeness (QED) is 0.672. The molecule has 0 fully saturated rings. The lowest BCUT2D eigenvalue weighted by atomic mass is 10.2. The third-order valence-electron chi connectivity index (χ3n) is 1.89. The Bertz CT molecular complexity index is 476. The van der Waals surface area contributed by atoms with E-state index in [1.165, 1.54) is 6.20 Å². The molecule has 66 valence electrons. The molecule has 1 N–H and O–H groups in total. The molecule has 0 saturated carbocycles. The summed E-state index contributed by atoms with van der Waals surface area (Å²) in [5, 5.41) is 0.00926. The number of fused-ring (bicyclic) bond motifs is 1. The van der Waals surface area contributed by atoms with Crippen LogP contribution in [0.3, 0.4) is 0 Å². The summed E-state index contributed by atoms with van der Waals surface area (Å²) < 4.78 is 26.1. The Morgan fingerprint density at radius 1 is 1.23 bits per heavy atom. The van der Waals surface area contributed by atoms with Crippen LogP contribution in [0.1, 0.15) is 10.4 Å². The number of carbonyl (C=O) groups is 1. The Balaban J connectivity index is 2.95. The highest BCUT2D eigenvalue weighted by Gasteiger charge is 2.11. The molecule has 0 unspecified atom stereocenters. The van der Waals surface area contributed by atoms with Gasteiger partial charge in [0.25, 0.3) is 0 Å². The fourth-order valence-corrected chi connectivity index (χ4v) is 1.29. The van der Waals surface area contributed by atoms with Gasteiger partial charge in [0.2, 0.25) is 0 Å². The Hall–Kier alpha value is -1.71. The van der Waals surface area contributed by atoms with E-state index in [0.29, 0.717) is 6.29 Å². The van der Waals surface area contributed by atoms with Crippen LogP contribution in [0.15, 0.2) is 18.3 Å². The van der Waals surface area contributed by atoms with E-state index in [0.717, 1.165) is 12.1 Å². The van der Waals surface area contributed by atoms with E-state index in [4.69, 9.17) is 0 Å². The van der Waals surface area contributed by atoms with Crippen LogP contribution < -0.4 is 0 Å². The van der Waals surface area contributed by atoms with Crippen molar-refractivity contribution in [2.75, 3.05) is 0 Å². The molecular formula is C9H5F2NO. The van der Waals surface area contributed by atoms with Crippen LogP contribution in [0.2, 0.25) is 0 Å². The zero-order valence-electron chi connectivity index (χ0n) is 6.47. The van der Waals surface area contributed by atoms with Gasteiger partial charge in [0.1, 0.15) is 11.6 Å². The SMILES string of the molecule is O=Cc1c[nH]c2c(F)ccc(F)c12. The van der Waals surface area contributed by atoms with Gasteiger partial charge in [-0.25, -0.2) is 8.78 Å². The van der Waals surface area contributed by atoms with Crippen molar-refractivity contribution >= 4 is 17.2 Å². The molecule has 13 heavy (non-hydrogen) atoms. The first-order valence-corrected chi connectivity index (χ1v) is 3.64. The second-order valence-electron chi connectivity index (χ2n) is 2.64. The van der Waals surface area contributed by atoms with Crippen molar-refractivity contribution in [2.45, 2.75) is 0 Å². The number of hydrogen-bond donors (Lipinski definition) is 1. The van der Waals surface area contributed by atoms with Crippen molar-refractivity contribution in [2.24, 2.45) is 0 Å². The minimum atomic E-state index is -0.597. The molecule has 4 heteroatoms. The smallest absolute Gasteiger partial charge is 0.152 e. The third kappa shape index (κ3) is 1.02. The summed E-state index contributed by atoms with van der Waals surface area (Å²) in [4.78, 5) is 12.9. The molecule has 0 spiro atoms. The maximum atomic E-state index is 13.1. The first kappa shape index (κ1) is 7.91. The molecule has 0 radical (unpaired) electrons. The lowest BCUT2D eigenvalue weighted by Crippen LogP contribution is -1.84. The topological polar surface area (TPSA) is 32.9 Å². The predicted molar refractivity (Wildman–Crippen MR) is 43.6 cm³/mol. The summed E-state index contributed by atoms with van der Waals surface area (Å²) >= 11 is 0. The summed E-state index contributed by atoms with van der Waals surface area (Å²) in [6.07, 6.45) is 1.77. The van der Waals surface area contributed by atoms with Crippen molar-refractivity contribution in [3.8, 4) is 0 Å². The number of halogens is 2. The van der Waals surface area contributed by atoms with Gasteiger partial charge in [0.15, 0.2) is 6.29 Å². The summed E-state index contributed by atoms with van der Waals surface area (Å²) in [6.45, 7) is 0. The summed E-state index contributed by atoms with van der Waals surface area (Å²) in [5.74, 6) is -1.16. The molecule has 1 heterocycles. The summed E-state index contributed by atoms with van der Waals surface area (Å²) in [6, 6.07) is 2.02. The molecule has 2 rings (SSSR count). The van der Waals surface area contributed by atoms with Crippen LogP contribution in [-0.4, -0.2) is 11.3 Å². The lowest BCUT2D eigenvalue weighted by Gasteiger charge is -1.94. The highest BCUT2D eigenvalue weighted by Crippen LogP contribution is 2.22. The minimum absolute atomic E-state index is 0.00926. The number of hydrogen-bond acceptors (Lipinski definition) is 1. The van der Waals surface area contributed by atoms with Crippen LogP contribution in [0, 0.1) is 11.6 Å². The third-order valence-corrected chi connectivity index (χ3v) is 1.89. The molecule has 2 aromatic rings. The maximum Gasteiger partial charge on any atom is 0.152 e. The van der Waals surface area contributed by atoms with Crippen molar-refractivity contribution in [1.82, 2.24) is 4.98 Å². The fourth-order valence-electron chi connectivity index (χ4n) is 1.29. The lowest BCUT2D eigenvalue weighted by molar-refractivity contribution is 0.112. The van der Waals surface area contributed by atoms with Gasteiger partial charge >= 0.3 is 0 Å². The van der Waals surface area contributed by atoms with Crippen LogP contribution >= 0.6 is 0 Å². The molecule has 2 nitrogen and oxygen atoms in total. The van der Waals surface area contributed by atoms with Crippen LogP contribution in [0.4, 0.5) is 8.78 Å². The number of benzene rings is 1. The monoisotopic (exact) mass is 181 g/mol. The number of aromatic nitrogens is 1.